The number of rotatable bonds is 51. The first kappa shape index (κ1) is 66.0. The van der Waals surface area contributed by atoms with Crippen molar-refractivity contribution in [3.8, 4) is 0 Å². The highest BCUT2D eigenvalue weighted by Crippen LogP contribution is 2.16. The molecule has 0 heterocycles. The fraction of sp³-hybridized carbons (Fsp3) is 0.631. The van der Waals surface area contributed by atoms with Crippen molar-refractivity contribution in [1.82, 2.24) is 0 Å². The Labute approximate surface area is 432 Å². The zero-order valence-corrected chi connectivity index (χ0v) is 45.2. The molecule has 0 amide bonds. The number of ether oxygens (including phenoxy) is 2. The molecule has 0 fully saturated rings. The summed E-state index contributed by atoms with van der Waals surface area (Å²) in [7, 11) is 0. The van der Waals surface area contributed by atoms with Gasteiger partial charge in [0.05, 0.1) is 6.61 Å². The molecule has 396 valence electrons. The largest absolute Gasteiger partial charge is 0.462 e. The number of carbonyl (C=O) groups is 2. The van der Waals surface area contributed by atoms with Gasteiger partial charge < -0.3 is 14.6 Å². The van der Waals surface area contributed by atoms with E-state index >= 15 is 0 Å². The number of aliphatic hydroxyl groups is 1. The van der Waals surface area contributed by atoms with Gasteiger partial charge in [-0.05, 0) is 109 Å². The van der Waals surface area contributed by atoms with Gasteiger partial charge >= 0.3 is 11.9 Å². The molecule has 0 bridgehead atoms. The van der Waals surface area contributed by atoms with Crippen molar-refractivity contribution in [1.29, 1.82) is 0 Å². The quantitative estimate of drug-likeness (QED) is 0.0374. The van der Waals surface area contributed by atoms with E-state index in [0.29, 0.717) is 12.8 Å². The van der Waals surface area contributed by atoms with E-state index in [1.165, 1.54) is 103 Å². The number of esters is 2. The number of unbranched alkanes of at least 4 members (excludes halogenated alkanes) is 21. The van der Waals surface area contributed by atoms with Crippen LogP contribution in [0.4, 0.5) is 0 Å². The molecule has 0 aromatic carbocycles. The van der Waals surface area contributed by atoms with Crippen molar-refractivity contribution in [3.05, 3.63) is 134 Å². The lowest BCUT2D eigenvalue weighted by atomic mass is 10.0. The van der Waals surface area contributed by atoms with Gasteiger partial charge in [0.25, 0.3) is 0 Å². The molecule has 0 radical (unpaired) electrons. The van der Waals surface area contributed by atoms with Crippen LogP contribution in [0.2, 0.25) is 0 Å². The molecule has 1 N–H and O–H groups in total. The lowest BCUT2D eigenvalue weighted by molar-refractivity contribution is -0.161. The Hall–Kier alpha value is -3.96. The third-order valence-electron chi connectivity index (χ3n) is 11.9. The van der Waals surface area contributed by atoms with Crippen molar-refractivity contribution in [3.63, 3.8) is 0 Å². The molecule has 0 saturated heterocycles. The number of carbonyl (C=O) groups excluding carboxylic acids is 2. The maximum Gasteiger partial charge on any atom is 0.306 e. The molecule has 1 atom stereocenters. The van der Waals surface area contributed by atoms with Crippen molar-refractivity contribution < 1.29 is 24.2 Å². The maximum absolute atomic E-state index is 12.3. The predicted molar refractivity (Wildman–Crippen MR) is 306 cm³/mol. The third-order valence-corrected chi connectivity index (χ3v) is 11.9. The highest BCUT2D eigenvalue weighted by Gasteiger charge is 2.16. The van der Waals surface area contributed by atoms with E-state index in [4.69, 9.17) is 9.47 Å². The minimum absolute atomic E-state index is 0.0861. The summed E-state index contributed by atoms with van der Waals surface area (Å²) in [5.41, 5.74) is 0. The monoisotopic (exact) mass is 967 g/mol. The summed E-state index contributed by atoms with van der Waals surface area (Å²) in [6, 6.07) is 0. The molecular weight excluding hydrogens is 861 g/mol. The lowest BCUT2D eigenvalue weighted by Crippen LogP contribution is -2.28. The molecule has 0 aliphatic carbocycles. The molecule has 0 rings (SSSR count). The molecule has 70 heavy (non-hydrogen) atoms. The van der Waals surface area contributed by atoms with Gasteiger partial charge in [0.1, 0.15) is 6.61 Å². The summed E-state index contributed by atoms with van der Waals surface area (Å²) in [6.45, 7) is 3.89. The third kappa shape index (κ3) is 56.6. The summed E-state index contributed by atoms with van der Waals surface area (Å²) in [6.07, 6.45) is 88.5. The fourth-order valence-corrected chi connectivity index (χ4v) is 7.70. The fourth-order valence-electron chi connectivity index (χ4n) is 7.70. The SMILES string of the molecule is CC/C=C\C/C=C\C/C=C\C/C=C\C/C=C\C/C=C\C/C=C\CCCCCC(=O)OC(CO)COC(=O)CCCCCCCCCCCCCCCCCCCC/C=C\C/C=C\C/C=C\C/C=C\CC. The second-order valence-corrected chi connectivity index (χ2v) is 18.6. The van der Waals surface area contributed by atoms with E-state index in [-0.39, 0.29) is 25.2 Å². The minimum atomic E-state index is -0.799. The second-order valence-electron chi connectivity index (χ2n) is 18.6. The van der Waals surface area contributed by atoms with Crippen LogP contribution in [0, 0.1) is 0 Å². The molecule has 1 unspecified atom stereocenters. The van der Waals surface area contributed by atoms with Gasteiger partial charge in [0.15, 0.2) is 6.10 Å². The topological polar surface area (TPSA) is 72.8 Å². The zero-order chi connectivity index (χ0) is 50.6. The Balaban J connectivity index is 3.56. The summed E-state index contributed by atoms with van der Waals surface area (Å²) in [4.78, 5) is 24.5. The van der Waals surface area contributed by atoms with Gasteiger partial charge in [0, 0.05) is 12.8 Å². The molecule has 0 aliphatic heterocycles. The Kier molecular flexibility index (Phi) is 56.0. The normalized spacial score (nSPS) is 13.2. The van der Waals surface area contributed by atoms with Gasteiger partial charge in [-0.1, -0.05) is 257 Å². The molecule has 0 aromatic heterocycles. The van der Waals surface area contributed by atoms with Crippen molar-refractivity contribution in [2.45, 2.75) is 251 Å². The van der Waals surface area contributed by atoms with Crippen LogP contribution in [0.15, 0.2) is 134 Å². The standard InChI is InChI=1S/C65H106O5/c1-3-5-7-9-11-13-15-17-19-21-23-25-27-29-30-31-32-33-34-36-37-39-41-43-45-47-49-51-53-55-57-59-64(67)69-62-63(61-66)70-65(68)60-58-56-54-52-50-48-46-44-42-40-38-35-28-26-24-22-20-18-16-14-12-10-8-6-4-2/h5-8,11-14,17-20,23-26,35,38,42,44,48,50,63,66H,3-4,9-10,15-16,21-22,27-34,36-37,39-41,43,45-47,49,51-62H2,1-2H3/b7-5-,8-6-,13-11-,14-12-,19-17-,20-18-,25-23-,26-24-,38-35-,44-42-,50-48-. The molecule has 0 saturated carbocycles. The molecule has 0 aromatic rings. The molecular formula is C65H106O5. The average Bonchev–Trinajstić information content (AvgIpc) is 3.36. The Morgan fingerprint density at radius 1 is 0.329 bits per heavy atom. The first-order valence-electron chi connectivity index (χ1n) is 28.7. The van der Waals surface area contributed by atoms with E-state index in [1.807, 2.05) is 0 Å². The molecule has 5 nitrogen and oxygen atoms in total. The van der Waals surface area contributed by atoms with Gasteiger partial charge in [-0.25, -0.2) is 0 Å². The van der Waals surface area contributed by atoms with Crippen LogP contribution in [-0.4, -0.2) is 36.4 Å². The van der Waals surface area contributed by atoms with E-state index in [2.05, 4.69) is 148 Å². The Morgan fingerprint density at radius 2 is 0.571 bits per heavy atom. The van der Waals surface area contributed by atoms with Crippen LogP contribution in [0.25, 0.3) is 0 Å². The van der Waals surface area contributed by atoms with E-state index in [9.17, 15) is 14.7 Å². The van der Waals surface area contributed by atoms with Crippen molar-refractivity contribution in [2.24, 2.45) is 0 Å². The molecule has 5 heteroatoms. The summed E-state index contributed by atoms with van der Waals surface area (Å²) < 4.78 is 10.7. The zero-order valence-electron chi connectivity index (χ0n) is 45.2. The molecule has 0 aliphatic rings. The summed E-state index contributed by atoms with van der Waals surface area (Å²) in [5.74, 6) is -0.632. The van der Waals surface area contributed by atoms with Crippen molar-refractivity contribution in [2.75, 3.05) is 13.2 Å². The van der Waals surface area contributed by atoms with Crippen LogP contribution in [0.1, 0.15) is 245 Å². The first-order chi connectivity index (χ1) is 34.6. The van der Waals surface area contributed by atoms with Gasteiger partial charge in [-0.15, -0.1) is 0 Å². The number of aliphatic hydroxyl groups excluding tert-OH is 1. The van der Waals surface area contributed by atoms with Crippen LogP contribution < -0.4 is 0 Å². The summed E-state index contributed by atoms with van der Waals surface area (Å²) >= 11 is 0. The minimum Gasteiger partial charge on any atom is -0.462 e. The number of hydrogen-bond acceptors (Lipinski definition) is 5. The lowest BCUT2D eigenvalue weighted by Gasteiger charge is -2.15. The Bertz CT molecular complexity index is 1470. The highest BCUT2D eigenvalue weighted by molar-refractivity contribution is 5.70. The number of hydrogen-bond donors (Lipinski definition) is 1. The van der Waals surface area contributed by atoms with Crippen LogP contribution in [0.3, 0.4) is 0 Å². The van der Waals surface area contributed by atoms with Crippen LogP contribution in [0.5, 0.6) is 0 Å². The predicted octanol–water partition coefficient (Wildman–Crippen LogP) is 19.6. The maximum atomic E-state index is 12.3. The van der Waals surface area contributed by atoms with Crippen LogP contribution in [-0.2, 0) is 19.1 Å². The molecule has 0 spiro atoms. The van der Waals surface area contributed by atoms with E-state index in [1.54, 1.807) is 0 Å². The summed E-state index contributed by atoms with van der Waals surface area (Å²) in [5, 5.41) is 9.65. The smallest absolute Gasteiger partial charge is 0.306 e. The van der Waals surface area contributed by atoms with E-state index in [0.717, 1.165) is 116 Å². The number of allylic oxidation sites excluding steroid dienone is 22. The van der Waals surface area contributed by atoms with E-state index < -0.39 is 6.10 Å². The Morgan fingerprint density at radius 3 is 0.871 bits per heavy atom. The second kappa shape index (κ2) is 59.3. The van der Waals surface area contributed by atoms with Gasteiger partial charge in [-0.3, -0.25) is 9.59 Å². The van der Waals surface area contributed by atoms with Gasteiger partial charge in [-0.2, -0.15) is 0 Å². The van der Waals surface area contributed by atoms with Gasteiger partial charge in [0.2, 0.25) is 0 Å². The first-order valence-corrected chi connectivity index (χ1v) is 28.7. The highest BCUT2D eigenvalue weighted by atomic mass is 16.6. The van der Waals surface area contributed by atoms with Crippen LogP contribution >= 0.6 is 0 Å². The average molecular weight is 968 g/mol. The van der Waals surface area contributed by atoms with Crippen molar-refractivity contribution >= 4 is 11.9 Å².